The molecule has 1 rings (SSSR count). The minimum Gasteiger partial charge on any atom is -0.432 e. The molecule has 0 amide bonds. The predicted octanol–water partition coefficient (Wildman–Crippen LogP) is 4.40. The molecule has 21 heavy (non-hydrogen) atoms. The van der Waals surface area contributed by atoms with E-state index < -0.39 is 0 Å². The summed E-state index contributed by atoms with van der Waals surface area (Å²) < 4.78 is 18.5. The van der Waals surface area contributed by atoms with Crippen molar-refractivity contribution in [1.29, 1.82) is 0 Å². The fourth-order valence-electron chi connectivity index (χ4n) is 3.83. The van der Waals surface area contributed by atoms with Crippen LogP contribution in [0.25, 0.3) is 0 Å². The van der Waals surface area contributed by atoms with E-state index in [0.717, 1.165) is 12.8 Å². The van der Waals surface area contributed by atoms with E-state index in [2.05, 4.69) is 62.3 Å². The highest BCUT2D eigenvalue weighted by Crippen LogP contribution is 2.35. The van der Waals surface area contributed by atoms with Crippen LogP contribution in [0.1, 0.15) is 75.2 Å². The summed E-state index contributed by atoms with van der Waals surface area (Å²) in [6.07, 6.45) is 1.87. The van der Waals surface area contributed by atoms with E-state index in [4.69, 9.17) is 14.0 Å². The molecule has 1 aliphatic rings. The van der Waals surface area contributed by atoms with Gasteiger partial charge < -0.3 is 14.0 Å². The Bertz CT molecular complexity index is 343. The molecule has 0 aromatic rings. The summed E-state index contributed by atoms with van der Waals surface area (Å²) in [5.41, 5.74) is -0.331. The molecule has 1 saturated heterocycles. The second-order valence-corrected chi connectivity index (χ2v) is 9.62. The van der Waals surface area contributed by atoms with Gasteiger partial charge in [-0.2, -0.15) is 0 Å². The smallest absolute Gasteiger partial charge is 0.432 e. The Balaban J connectivity index is 2.72. The minimum absolute atomic E-state index is 0.0961. The maximum atomic E-state index is 6.29. The minimum atomic E-state index is -0.317. The van der Waals surface area contributed by atoms with Crippen molar-refractivity contribution >= 4 is 13.8 Å². The lowest BCUT2D eigenvalue weighted by Crippen LogP contribution is -2.58. The number of rotatable bonds is 4. The highest BCUT2D eigenvalue weighted by molar-refractivity contribution is 7.13. The normalized spacial score (nSPS) is 22.3. The lowest BCUT2D eigenvalue weighted by atomic mass is 9.36. The van der Waals surface area contributed by atoms with E-state index in [9.17, 15) is 0 Å². The van der Waals surface area contributed by atoms with Crippen LogP contribution in [0.5, 0.6) is 0 Å². The molecule has 0 spiro atoms. The fourth-order valence-corrected chi connectivity index (χ4v) is 3.83. The fraction of sp³-hybridized carbons (Fsp3) is 1.00. The lowest BCUT2D eigenvalue weighted by molar-refractivity contribution is -0.0725. The molecule has 122 valence electrons. The van der Waals surface area contributed by atoms with Crippen molar-refractivity contribution in [1.82, 2.24) is 0 Å². The zero-order chi connectivity index (χ0) is 16.7. The van der Waals surface area contributed by atoms with Gasteiger partial charge in [-0.05, 0) is 53.4 Å². The van der Waals surface area contributed by atoms with Crippen LogP contribution in [-0.2, 0) is 14.0 Å². The van der Waals surface area contributed by atoms with Gasteiger partial charge in [0.05, 0.1) is 11.2 Å². The first-order chi connectivity index (χ1) is 9.11. The van der Waals surface area contributed by atoms with Crippen molar-refractivity contribution in [3.63, 3.8) is 0 Å². The summed E-state index contributed by atoms with van der Waals surface area (Å²) in [5, 5.41) is 0. The van der Waals surface area contributed by atoms with Gasteiger partial charge in [0, 0.05) is 12.0 Å². The molecule has 0 unspecified atom stereocenters. The molecule has 5 heteroatoms. The van der Waals surface area contributed by atoms with Gasteiger partial charge in [0.25, 0.3) is 0 Å². The average Bonchev–Trinajstić information content (AvgIpc) is 2.06. The molecule has 0 bridgehead atoms. The molecule has 0 aromatic heterocycles. The van der Waals surface area contributed by atoms with Gasteiger partial charge in [0.2, 0.25) is 0 Å². The molecular formula is C16H34B2O3. The predicted molar refractivity (Wildman–Crippen MR) is 91.6 cm³/mol. The summed E-state index contributed by atoms with van der Waals surface area (Å²) >= 11 is 0. The van der Waals surface area contributed by atoms with E-state index >= 15 is 0 Å². The SMILES string of the molecule is CB(OC(C)(C)CC(C)(C)C)B1OC(C)(C)CC(C)(C)O1. The summed E-state index contributed by atoms with van der Waals surface area (Å²) in [6.45, 7) is 21.5. The zero-order valence-corrected chi connectivity index (χ0v) is 15.8. The quantitative estimate of drug-likeness (QED) is 0.720. The van der Waals surface area contributed by atoms with Crippen molar-refractivity contribution in [2.75, 3.05) is 0 Å². The first-order valence-corrected chi connectivity index (χ1v) is 8.14. The second kappa shape index (κ2) is 5.90. The molecule has 1 fully saturated rings. The first-order valence-electron chi connectivity index (χ1n) is 8.14. The highest BCUT2D eigenvalue weighted by Gasteiger charge is 2.48. The molecule has 1 aliphatic heterocycles. The topological polar surface area (TPSA) is 27.7 Å². The Morgan fingerprint density at radius 3 is 1.81 bits per heavy atom. The Morgan fingerprint density at radius 2 is 1.43 bits per heavy atom. The van der Waals surface area contributed by atoms with Gasteiger partial charge in [-0.1, -0.05) is 27.6 Å². The summed E-state index contributed by atoms with van der Waals surface area (Å²) in [5.74, 6) is 0. The third kappa shape index (κ3) is 6.75. The van der Waals surface area contributed by atoms with Crippen LogP contribution in [0.3, 0.4) is 0 Å². The van der Waals surface area contributed by atoms with Gasteiger partial charge in [-0.25, -0.2) is 0 Å². The standard InChI is InChI=1S/C16H34B2O3/c1-13(2,3)11-14(4,5)19-17(10)18-20-15(6,7)12-16(8,9)21-18/h11-12H2,1-10H3. The lowest BCUT2D eigenvalue weighted by Gasteiger charge is -2.46. The second-order valence-electron chi connectivity index (χ2n) is 9.62. The summed E-state index contributed by atoms with van der Waals surface area (Å²) in [6, 6.07) is 0. The molecule has 1 heterocycles. The van der Waals surface area contributed by atoms with Gasteiger partial charge in [0.15, 0.2) is 0 Å². The van der Waals surface area contributed by atoms with Crippen LogP contribution in [0.2, 0.25) is 6.82 Å². The zero-order valence-electron chi connectivity index (χ0n) is 15.8. The Morgan fingerprint density at radius 1 is 1.00 bits per heavy atom. The van der Waals surface area contributed by atoms with Crippen molar-refractivity contribution in [2.24, 2.45) is 5.41 Å². The van der Waals surface area contributed by atoms with Gasteiger partial charge in [-0.15, -0.1) is 0 Å². The highest BCUT2D eigenvalue weighted by atomic mass is 16.6. The van der Waals surface area contributed by atoms with E-state index in [-0.39, 0.29) is 36.0 Å². The maximum absolute atomic E-state index is 6.29. The van der Waals surface area contributed by atoms with Crippen molar-refractivity contribution in [2.45, 2.75) is 98.8 Å². The third-order valence-corrected chi connectivity index (χ3v) is 3.57. The van der Waals surface area contributed by atoms with E-state index in [1.54, 1.807) is 0 Å². The maximum Gasteiger partial charge on any atom is 0.445 e. The van der Waals surface area contributed by atoms with Crippen LogP contribution in [0.4, 0.5) is 0 Å². The number of hydrogen-bond acceptors (Lipinski definition) is 3. The van der Waals surface area contributed by atoms with E-state index in [1.807, 2.05) is 6.82 Å². The van der Waals surface area contributed by atoms with Crippen LogP contribution in [-0.4, -0.2) is 30.6 Å². The van der Waals surface area contributed by atoms with Gasteiger partial charge in [-0.3, -0.25) is 0 Å². The molecular weight excluding hydrogens is 262 g/mol. The van der Waals surface area contributed by atoms with Gasteiger partial charge >= 0.3 is 13.8 Å². The van der Waals surface area contributed by atoms with Crippen LogP contribution < -0.4 is 0 Å². The Hall–Kier alpha value is 0.00987. The largest absolute Gasteiger partial charge is 0.445 e. The molecule has 0 aromatic carbocycles. The molecule has 0 atom stereocenters. The Labute approximate surface area is 132 Å². The summed E-state index contributed by atoms with van der Waals surface area (Å²) in [4.78, 5) is 0. The van der Waals surface area contributed by atoms with E-state index in [1.165, 1.54) is 0 Å². The van der Waals surface area contributed by atoms with Crippen molar-refractivity contribution < 1.29 is 14.0 Å². The molecule has 0 N–H and O–H groups in total. The summed E-state index contributed by atoms with van der Waals surface area (Å²) in [7, 11) is -0.317. The Kier molecular flexibility index (Phi) is 5.35. The van der Waals surface area contributed by atoms with Crippen LogP contribution >= 0.6 is 0 Å². The van der Waals surface area contributed by atoms with Crippen molar-refractivity contribution in [3.8, 4) is 0 Å². The number of hydrogen-bond donors (Lipinski definition) is 0. The van der Waals surface area contributed by atoms with E-state index in [0.29, 0.717) is 0 Å². The molecule has 0 saturated carbocycles. The average molecular weight is 296 g/mol. The molecule has 0 aliphatic carbocycles. The first kappa shape index (κ1) is 19.1. The van der Waals surface area contributed by atoms with Crippen LogP contribution in [0, 0.1) is 5.41 Å². The molecule has 0 radical (unpaired) electrons. The third-order valence-electron chi connectivity index (χ3n) is 3.57. The van der Waals surface area contributed by atoms with Gasteiger partial charge in [0.1, 0.15) is 0 Å². The monoisotopic (exact) mass is 296 g/mol. The molecule has 3 nitrogen and oxygen atoms in total. The van der Waals surface area contributed by atoms with Crippen molar-refractivity contribution in [3.05, 3.63) is 0 Å². The van der Waals surface area contributed by atoms with Crippen LogP contribution in [0.15, 0.2) is 0 Å².